The number of ether oxygens (including phenoxy) is 1. The second-order valence-electron chi connectivity index (χ2n) is 7.57. The number of aromatic hydroxyl groups is 1. The van der Waals surface area contributed by atoms with Gasteiger partial charge in [0.25, 0.3) is 0 Å². The van der Waals surface area contributed by atoms with Gasteiger partial charge in [0, 0.05) is 32.4 Å². The summed E-state index contributed by atoms with van der Waals surface area (Å²) < 4.78 is 43.3. The first-order valence-corrected chi connectivity index (χ1v) is 9.95. The highest BCUT2D eigenvalue weighted by molar-refractivity contribution is 5.52. The average Bonchev–Trinajstić information content (AvgIpc) is 3.02. The SMILES string of the molecule is CN1CCN(c2cnccc2Cn2cc(O)n(-c3ccc(OC(F)(F)F)cc3)c2=O)CC1. The molecule has 170 valence electrons. The topological polar surface area (TPSA) is 75.8 Å². The molecule has 1 aliphatic rings. The molecule has 0 aliphatic carbocycles. The van der Waals surface area contributed by atoms with Crippen LogP contribution in [0.1, 0.15) is 5.56 Å². The van der Waals surface area contributed by atoms with Crippen LogP contribution < -0.4 is 15.3 Å². The number of aromatic nitrogens is 3. The number of anilines is 1. The number of hydrogen-bond acceptors (Lipinski definition) is 6. The third-order valence-electron chi connectivity index (χ3n) is 5.34. The van der Waals surface area contributed by atoms with Crippen LogP contribution in [-0.4, -0.2) is 63.7 Å². The van der Waals surface area contributed by atoms with E-state index < -0.39 is 17.8 Å². The summed E-state index contributed by atoms with van der Waals surface area (Å²) in [6.07, 6.45) is -0.0927. The Labute approximate surface area is 181 Å². The van der Waals surface area contributed by atoms with Crippen molar-refractivity contribution in [3.63, 3.8) is 0 Å². The lowest BCUT2D eigenvalue weighted by atomic mass is 10.2. The van der Waals surface area contributed by atoms with E-state index in [0.29, 0.717) is 0 Å². The Balaban J connectivity index is 1.59. The third-order valence-corrected chi connectivity index (χ3v) is 5.34. The average molecular weight is 449 g/mol. The quantitative estimate of drug-likeness (QED) is 0.645. The zero-order valence-corrected chi connectivity index (χ0v) is 17.3. The monoisotopic (exact) mass is 449 g/mol. The van der Waals surface area contributed by atoms with Crippen molar-refractivity contribution in [3.05, 3.63) is 65.0 Å². The summed E-state index contributed by atoms with van der Waals surface area (Å²) in [5.41, 5.74) is 1.49. The van der Waals surface area contributed by atoms with E-state index in [1.165, 1.54) is 22.9 Å². The van der Waals surface area contributed by atoms with Crippen LogP contribution in [0, 0.1) is 0 Å². The number of alkyl halides is 3. The molecule has 1 fully saturated rings. The summed E-state index contributed by atoms with van der Waals surface area (Å²) in [6.45, 7) is 3.71. The highest BCUT2D eigenvalue weighted by atomic mass is 19.4. The highest BCUT2D eigenvalue weighted by Crippen LogP contribution is 2.25. The fraction of sp³-hybridized carbons (Fsp3) is 0.333. The fourth-order valence-corrected chi connectivity index (χ4v) is 3.70. The Morgan fingerprint density at radius 2 is 1.78 bits per heavy atom. The van der Waals surface area contributed by atoms with Crippen molar-refractivity contribution in [3.8, 4) is 17.3 Å². The number of likely N-dealkylation sites (N-methyl/N-ethyl adjacent to an activating group) is 1. The van der Waals surface area contributed by atoms with Crippen LogP contribution in [0.15, 0.2) is 53.7 Å². The molecular formula is C21H22F3N5O3. The lowest BCUT2D eigenvalue weighted by Crippen LogP contribution is -2.45. The smallest absolute Gasteiger partial charge is 0.493 e. The number of halogens is 3. The zero-order valence-electron chi connectivity index (χ0n) is 17.3. The minimum Gasteiger partial charge on any atom is -0.493 e. The maximum atomic E-state index is 13.0. The summed E-state index contributed by atoms with van der Waals surface area (Å²) in [7, 11) is 2.06. The van der Waals surface area contributed by atoms with Crippen LogP contribution in [-0.2, 0) is 6.54 Å². The number of imidazole rings is 1. The first-order chi connectivity index (χ1) is 15.2. The number of nitrogens with zero attached hydrogens (tertiary/aromatic N) is 5. The number of pyridine rings is 1. The van der Waals surface area contributed by atoms with Gasteiger partial charge in [-0.3, -0.25) is 9.55 Å². The minimum atomic E-state index is -4.81. The normalized spacial score (nSPS) is 15.2. The third kappa shape index (κ3) is 4.72. The van der Waals surface area contributed by atoms with Gasteiger partial charge in [-0.1, -0.05) is 0 Å². The molecule has 0 unspecified atom stereocenters. The molecule has 3 heterocycles. The van der Waals surface area contributed by atoms with Gasteiger partial charge < -0.3 is 19.6 Å². The lowest BCUT2D eigenvalue weighted by Gasteiger charge is -2.34. The number of hydrogen-bond donors (Lipinski definition) is 1. The second-order valence-corrected chi connectivity index (χ2v) is 7.57. The molecule has 0 amide bonds. The van der Waals surface area contributed by atoms with Gasteiger partial charge in [0.1, 0.15) is 5.75 Å². The van der Waals surface area contributed by atoms with E-state index in [1.807, 2.05) is 6.07 Å². The molecule has 4 rings (SSSR count). The van der Waals surface area contributed by atoms with E-state index in [0.717, 1.165) is 54.1 Å². The van der Waals surface area contributed by atoms with Crippen molar-refractivity contribution in [1.82, 2.24) is 19.0 Å². The molecule has 1 aliphatic heterocycles. The van der Waals surface area contributed by atoms with Crippen molar-refractivity contribution in [2.24, 2.45) is 0 Å². The van der Waals surface area contributed by atoms with Crippen LogP contribution in [0.2, 0.25) is 0 Å². The molecule has 1 aromatic carbocycles. The molecule has 11 heteroatoms. The van der Waals surface area contributed by atoms with Crippen LogP contribution in [0.25, 0.3) is 5.69 Å². The number of rotatable bonds is 5. The summed E-state index contributed by atoms with van der Waals surface area (Å²) >= 11 is 0. The standard InChI is InChI=1S/C21H22F3N5O3/c1-26-8-10-27(11-9-26)18-12-25-7-6-15(18)13-28-14-19(30)29(20(28)31)16-2-4-17(5-3-16)32-21(22,23)24/h2-7,12,14,30H,8-11,13H2,1H3. The Kier molecular flexibility index (Phi) is 5.83. The largest absolute Gasteiger partial charge is 0.573 e. The van der Waals surface area contributed by atoms with E-state index >= 15 is 0 Å². The maximum Gasteiger partial charge on any atom is 0.573 e. The first kappa shape index (κ1) is 21.8. The van der Waals surface area contributed by atoms with Crippen LogP contribution in [0.5, 0.6) is 11.6 Å². The van der Waals surface area contributed by atoms with Gasteiger partial charge in [0.15, 0.2) is 0 Å². The first-order valence-electron chi connectivity index (χ1n) is 9.95. The predicted molar refractivity (Wildman–Crippen MR) is 111 cm³/mol. The van der Waals surface area contributed by atoms with E-state index in [1.54, 1.807) is 12.4 Å². The van der Waals surface area contributed by atoms with E-state index in [4.69, 9.17) is 0 Å². The number of benzene rings is 1. The van der Waals surface area contributed by atoms with Crippen molar-refractivity contribution in [2.75, 3.05) is 38.1 Å². The second kappa shape index (κ2) is 8.58. The summed E-state index contributed by atoms with van der Waals surface area (Å²) in [6, 6.07) is 6.54. The molecule has 0 spiro atoms. The summed E-state index contributed by atoms with van der Waals surface area (Å²) in [4.78, 5) is 21.6. The Morgan fingerprint density at radius 1 is 1.09 bits per heavy atom. The highest BCUT2D eigenvalue weighted by Gasteiger charge is 2.31. The van der Waals surface area contributed by atoms with Gasteiger partial charge in [-0.15, -0.1) is 13.2 Å². The number of piperazine rings is 1. The van der Waals surface area contributed by atoms with Gasteiger partial charge in [-0.25, -0.2) is 9.36 Å². The van der Waals surface area contributed by atoms with Crippen LogP contribution >= 0.6 is 0 Å². The van der Waals surface area contributed by atoms with Crippen LogP contribution in [0.3, 0.4) is 0 Å². The zero-order chi connectivity index (χ0) is 22.9. The maximum absolute atomic E-state index is 13.0. The molecular weight excluding hydrogens is 427 g/mol. The summed E-state index contributed by atoms with van der Waals surface area (Å²) in [5.74, 6) is -0.739. The molecule has 32 heavy (non-hydrogen) atoms. The molecule has 3 aromatic rings. The van der Waals surface area contributed by atoms with Crippen molar-refractivity contribution in [2.45, 2.75) is 12.9 Å². The Hall–Kier alpha value is -3.47. The van der Waals surface area contributed by atoms with Crippen molar-refractivity contribution in [1.29, 1.82) is 0 Å². The molecule has 0 bridgehead atoms. The predicted octanol–water partition coefficient (Wildman–Crippen LogP) is 2.44. The molecule has 2 aromatic heterocycles. The molecule has 1 saturated heterocycles. The minimum absolute atomic E-state index is 0.207. The summed E-state index contributed by atoms with van der Waals surface area (Å²) in [5, 5.41) is 10.3. The van der Waals surface area contributed by atoms with Gasteiger partial charge in [0.2, 0.25) is 5.88 Å². The molecule has 1 N–H and O–H groups in total. The van der Waals surface area contributed by atoms with Gasteiger partial charge in [-0.2, -0.15) is 0 Å². The van der Waals surface area contributed by atoms with E-state index in [9.17, 15) is 23.1 Å². The van der Waals surface area contributed by atoms with Crippen LogP contribution in [0.4, 0.5) is 18.9 Å². The van der Waals surface area contributed by atoms with E-state index in [-0.39, 0.29) is 18.1 Å². The molecule has 0 atom stereocenters. The fourth-order valence-electron chi connectivity index (χ4n) is 3.70. The van der Waals surface area contributed by atoms with Gasteiger partial charge in [0.05, 0.1) is 30.3 Å². The van der Waals surface area contributed by atoms with Crippen molar-refractivity contribution < 1.29 is 23.0 Å². The lowest BCUT2D eigenvalue weighted by molar-refractivity contribution is -0.274. The Morgan fingerprint density at radius 3 is 2.44 bits per heavy atom. The van der Waals surface area contributed by atoms with Crippen molar-refractivity contribution >= 4 is 5.69 Å². The molecule has 0 radical (unpaired) electrons. The van der Waals surface area contributed by atoms with E-state index in [2.05, 4.69) is 26.6 Å². The van der Waals surface area contributed by atoms with Gasteiger partial charge in [-0.05, 0) is 42.9 Å². The van der Waals surface area contributed by atoms with Gasteiger partial charge >= 0.3 is 12.1 Å². The Bertz CT molecular complexity index is 1130. The molecule has 8 nitrogen and oxygen atoms in total. The molecule has 0 saturated carbocycles.